The van der Waals surface area contributed by atoms with E-state index in [9.17, 15) is 0 Å². The molecule has 3 rings (SSSR count). The molecule has 0 amide bonds. The summed E-state index contributed by atoms with van der Waals surface area (Å²) in [5.41, 5.74) is 1.26. The molecular weight excluding hydrogens is 374 g/mol. The molecule has 19 heavy (non-hydrogen) atoms. The van der Waals surface area contributed by atoms with Gasteiger partial charge in [-0.1, -0.05) is 34.8 Å². The van der Waals surface area contributed by atoms with Gasteiger partial charge in [0, 0.05) is 10.6 Å². The van der Waals surface area contributed by atoms with Crippen molar-refractivity contribution in [2.75, 3.05) is 0 Å². The molecule has 8 heteroatoms. The molecule has 0 bridgehead atoms. The highest BCUT2D eigenvalue weighted by Gasteiger charge is 2.14. The van der Waals surface area contributed by atoms with Gasteiger partial charge in [0.05, 0.1) is 9.50 Å². The van der Waals surface area contributed by atoms with Crippen LogP contribution in [0.5, 0.6) is 0 Å². The zero-order chi connectivity index (χ0) is 13.6. The van der Waals surface area contributed by atoms with E-state index < -0.39 is 0 Å². The summed E-state index contributed by atoms with van der Waals surface area (Å²) in [7, 11) is 0. The van der Waals surface area contributed by atoms with Crippen molar-refractivity contribution in [3.05, 3.63) is 44.2 Å². The molecule has 0 atom stereocenters. The van der Waals surface area contributed by atoms with Gasteiger partial charge >= 0.3 is 0 Å². The Bertz CT molecular complexity index is 787. The number of aromatic nitrogens is 4. The lowest BCUT2D eigenvalue weighted by Gasteiger charge is -1.98. The third-order valence-electron chi connectivity index (χ3n) is 2.46. The normalized spacial score (nSPS) is 11.2. The van der Waals surface area contributed by atoms with Crippen LogP contribution in [0, 0.1) is 0 Å². The summed E-state index contributed by atoms with van der Waals surface area (Å²) in [6.45, 7) is 0. The Balaban J connectivity index is 2.23. The van der Waals surface area contributed by atoms with Gasteiger partial charge in [-0.05, 0) is 34.1 Å². The fourth-order valence-corrected chi connectivity index (χ4v) is 2.59. The van der Waals surface area contributed by atoms with Crippen molar-refractivity contribution in [3.8, 4) is 11.4 Å². The van der Waals surface area contributed by atoms with Crippen LogP contribution in [0.15, 0.2) is 29.0 Å². The Morgan fingerprint density at radius 1 is 1.16 bits per heavy atom. The summed E-state index contributed by atoms with van der Waals surface area (Å²) in [6, 6.07) is 5.14. The van der Waals surface area contributed by atoms with E-state index in [1.807, 2.05) is 0 Å². The number of fused-ring (bicyclic) bond motifs is 1. The summed E-state index contributed by atoms with van der Waals surface area (Å²) < 4.78 is 2.11. The van der Waals surface area contributed by atoms with E-state index in [4.69, 9.17) is 34.8 Å². The Morgan fingerprint density at radius 2 is 1.95 bits per heavy atom. The highest BCUT2D eigenvalue weighted by molar-refractivity contribution is 9.10. The van der Waals surface area contributed by atoms with Gasteiger partial charge in [0.15, 0.2) is 11.5 Å². The molecule has 0 aliphatic carbocycles. The third-order valence-corrected chi connectivity index (χ3v) is 4.25. The van der Waals surface area contributed by atoms with Gasteiger partial charge in [-0.25, -0.2) is 14.5 Å². The van der Waals surface area contributed by atoms with Crippen LogP contribution < -0.4 is 0 Å². The quantitative estimate of drug-likeness (QED) is 0.585. The van der Waals surface area contributed by atoms with E-state index in [-0.39, 0.29) is 0 Å². The molecule has 0 aliphatic rings. The maximum Gasteiger partial charge on any atom is 0.183 e. The van der Waals surface area contributed by atoms with Crippen molar-refractivity contribution in [1.82, 2.24) is 19.6 Å². The zero-order valence-corrected chi connectivity index (χ0v) is 13.0. The topological polar surface area (TPSA) is 43.1 Å². The standard InChI is InChI=1S/C11H4BrCl3N4/c12-8-9(15)16-4-19-11(8)17-10(18-19)6-2-1-5(13)3-7(6)14/h1-4H. The van der Waals surface area contributed by atoms with Crippen molar-refractivity contribution in [2.45, 2.75) is 0 Å². The van der Waals surface area contributed by atoms with Crippen LogP contribution in [0.2, 0.25) is 15.2 Å². The first-order chi connectivity index (χ1) is 9.06. The van der Waals surface area contributed by atoms with Gasteiger partial charge in [0.25, 0.3) is 0 Å². The maximum absolute atomic E-state index is 6.14. The van der Waals surface area contributed by atoms with Gasteiger partial charge < -0.3 is 0 Å². The summed E-state index contributed by atoms with van der Waals surface area (Å²) in [4.78, 5) is 8.36. The lowest BCUT2D eigenvalue weighted by molar-refractivity contribution is 0.921. The zero-order valence-electron chi connectivity index (χ0n) is 9.11. The van der Waals surface area contributed by atoms with Crippen LogP contribution in [0.3, 0.4) is 0 Å². The first-order valence-electron chi connectivity index (χ1n) is 5.08. The van der Waals surface area contributed by atoms with Crippen molar-refractivity contribution in [3.63, 3.8) is 0 Å². The fraction of sp³-hybridized carbons (Fsp3) is 0. The minimum atomic E-state index is 0.327. The molecule has 2 heterocycles. The van der Waals surface area contributed by atoms with E-state index in [0.29, 0.717) is 36.7 Å². The molecule has 0 N–H and O–H groups in total. The van der Waals surface area contributed by atoms with Crippen LogP contribution >= 0.6 is 50.7 Å². The Labute approximate surface area is 131 Å². The van der Waals surface area contributed by atoms with Crippen LogP contribution in [0.4, 0.5) is 0 Å². The number of halogens is 4. The number of benzene rings is 1. The highest BCUT2D eigenvalue weighted by Crippen LogP contribution is 2.30. The fourth-order valence-electron chi connectivity index (χ4n) is 1.59. The van der Waals surface area contributed by atoms with Gasteiger partial charge in [-0.3, -0.25) is 0 Å². The van der Waals surface area contributed by atoms with Crippen LogP contribution in [-0.4, -0.2) is 19.6 Å². The molecule has 3 aromatic rings. The van der Waals surface area contributed by atoms with E-state index >= 15 is 0 Å². The molecule has 2 aromatic heterocycles. The predicted octanol–water partition coefficient (Wildman–Crippen LogP) is 4.51. The second-order valence-corrected chi connectivity index (χ2v) is 5.67. The van der Waals surface area contributed by atoms with Crippen molar-refractivity contribution in [1.29, 1.82) is 0 Å². The first kappa shape index (κ1) is 13.1. The van der Waals surface area contributed by atoms with E-state index in [0.717, 1.165) is 0 Å². The lowest BCUT2D eigenvalue weighted by Crippen LogP contribution is -1.91. The van der Waals surface area contributed by atoms with Crippen molar-refractivity contribution < 1.29 is 0 Å². The van der Waals surface area contributed by atoms with Gasteiger partial charge in [-0.2, -0.15) is 0 Å². The minimum Gasteiger partial charge on any atom is -0.223 e. The minimum absolute atomic E-state index is 0.327. The highest BCUT2D eigenvalue weighted by atomic mass is 79.9. The first-order valence-corrected chi connectivity index (χ1v) is 7.01. The molecule has 0 radical (unpaired) electrons. The molecule has 0 unspecified atom stereocenters. The number of hydrogen-bond acceptors (Lipinski definition) is 3. The van der Waals surface area contributed by atoms with Crippen LogP contribution in [0.25, 0.3) is 17.0 Å². The molecule has 0 fully saturated rings. The smallest absolute Gasteiger partial charge is 0.183 e. The summed E-state index contributed by atoms with van der Waals surface area (Å²) in [5, 5.41) is 5.67. The van der Waals surface area contributed by atoms with Crippen LogP contribution in [0.1, 0.15) is 0 Å². The molecule has 0 saturated carbocycles. The van der Waals surface area contributed by atoms with E-state index in [1.165, 1.54) is 10.8 Å². The second kappa shape index (κ2) is 4.90. The second-order valence-electron chi connectivity index (χ2n) is 3.68. The molecule has 96 valence electrons. The summed E-state index contributed by atoms with van der Waals surface area (Å²) in [5.74, 6) is 0.478. The molecule has 1 aromatic carbocycles. The largest absolute Gasteiger partial charge is 0.223 e. The number of hydrogen-bond donors (Lipinski definition) is 0. The molecule has 0 spiro atoms. The van der Waals surface area contributed by atoms with Gasteiger partial charge in [0.1, 0.15) is 11.5 Å². The van der Waals surface area contributed by atoms with Crippen molar-refractivity contribution in [2.24, 2.45) is 0 Å². The molecule has 4 nitrogen and oxygen atoms in total. The third kappa shape index (κ3) is 2.31. The van der Waals surface area contributed by atoms with Gasteiger partial charge in [0.2, 0.25) is 0 Å². The average Bonchev–Trinajstić information content (AvgIpc) is 2.78. The van der Waals surface area contributed by atoms with Crippen molar-refractivity contribution >= 4 is 56.4 Å². The number of rotatable bonds is 1. The maximum atomic E-state index is 6.14. The Morgan fingerprint density at radius 3 is 2.68 bits per heavy atom. The van der Waals surface area contributed by atoms with E-state index in [2.05, 4.69) is 31.0 Å². The predicted molar refractivity (Wildman–Crippen MR) is 78.9 cm³/mol. The Hall–Kier alpha value is -0.880. The van der Waals surface area contributed by atoms with Gasteiger partial charge in [-0.15, -0.1) is 5.10 Å². The van der Waals surface area contributed by atoms with Crippen LogP contribution in [-0.2, 0) is 0 Å². The molecule has 0 aliphatic heterocycles. The monoisotopic (exact) mass is 376 g/mol. The SMILES string of the molecule is Clc1ccc(-c2nc3c(Br)c(Cl)ncn3n2)c(Cl)c1. The van der Waals surface area contributed by atoms with E-state index in [1.54, 1.807) is 18.2 Å². The molecular formula is C11H4BrCl3N4. The number of nitrogens with zero attached hydrogens (tertiary/aromatic N) is 4. The molecule has 0 saturated heterocycles. The summed E-state index contributed by atoms with van der Waals surface area (Å²) in [6.07, 6.45) is 1.49. The average molecular weight is 378 g/mol. The Kier molecular flexibility index (Phi) is 3.39. The lowest BCUT2D eigenvalue weighted by atomic mass is 10.2. The summed E-state index contributed by atoms with van der Waals surface area (Å²) >= 11 is 21.2.